The lowest BCUT2D eigenvalue weighted by Gasteiger charge is -2.14. The summed E-state index contributed by atoms with van der Waals surface area (Å²) >= 11 is 0. The zero-order chi connectivity index (χ0) is 25.5. The van der Waals surface area contributed by atoms with Crippen LogP contribution in [0, 0.1) is 0 Å². The number of hydrogen-bond donors (Lipinski definition) is 1. The molecule has 4 aromatic rings. The summed E-state index contributed by atoms with van der Waals surface area (Å²) in [6.45, 7) is 4.48. The number of nitrogens with zero attached hydrogens (tertiary/aromatic N) is 4. The van der Waals surface area contributed by atoms with Gasteiger partial charge in [-0.3, -0.25) is 0 Å². The van der Waals surface area contributed by atoms with E-state index in [1.54, 1.807) is 42.8 Å². The quantitative estimate of drug-likeness (QED) is 0.285. The summed E-state index contributed by atoms with van der Waals surface area (Å²) in [6, 6.07) is 15.4. The van der Waals surface area contributed by atoms with Crippen LogP contribution < -0.4 is 23.7 Å². The fourth-order valence-corrected chi connectivity index (χ4v) is 4.57. The van der Waals surface area contributed by atoms with Gasteiger partial charge in [0.1, 0.15) is 28.8 Å². The third-order valence-corrected chi connectivity index (χ3v) is 6.53. The minimum atomic E-state index is -3.84. The first kappa shape index (κ1) is 25.2. The number of nitrogens with one attached hydrogen (secondary N) is 1. The molecule has 36 heavy (non-hydrogen) atoms. The molecule has 0 aliphatic rings. The van der Waals surface area contributed by atoms with E-state index in [0.717, 1.165) is 5.56 Å². The van der Waals surface area contributed by atoms with Gasteiger partial charge < -0.3 is 18.9 Å². The van der Waals surface area contributed by atoms with Crippen LogP contribution in [0.3, 0.4) is 0 Å². The highest BCUT2D eigenvalue weighted by atomic mass is 32.2. The molecule has 2 aromatic carbocycles. The molecule has 4 rings (SSSR count). The summed E-state index contributed by atoms with van der Waals surface area (Å²) in [5.74, 6) is 2.26. The van der Waals surface area contributed by atoms with Crippen LogP contribution in [-0.2, 0) is 10.0 Å². The van der Waals surface area contributed by atoms with Gasteiger partial charge in [0.05, 0.1) is 20.3 Å². The summed E-state index contributed by atoms with van der Waals surface area (Å²) in [5.41, 5.74) is 1.32. The van der Waals surface area contributed by atoms with E-state index < -0.39 is 10.0 Å². The van der Waals surface area contributed by atoms with Gasteiger partial charge in [-0.15, -0.1) is 15.3 Å². The van der Waals surface area contributed by atoms with Gasteiger partial charge >= 0.3 is 0 Å². The van der Waals surface area contributed by atoms with Crippen LogP contribution in [0.1, 0.15) is 13.8 Å². The number of hydrogen-bond acceptors (Lipinski definition) is 9. The fraction of sp³-hybridized carbons (Fsp3) is 0.292. The van der Waals surface area contributed by atoms with E-state index in [0.29, 0.717) is 42.1 Å². The molecule has 1 N–H and O–H groups in total. The average molecular weight is 514 g/mol. The van der Waals surface area contributed by atoms with Crippen LogP contribution in [0.5, 0.6) is 23.1 Å². The van der Waals surface area contributed by atoms with Crippen molar-refractivity contribution in [3.63, 3.8) is 0 Å². The molecule has 0 fully saturated rings. The highest BCUT2D eigenvalue weighted by molar-refractivity contribution is 7.89. The van der Waals surface area contributed by atoms with Crippen molar-refractivity contribution < 1.29 is 27.4 Å². The van der Waals surface area contributed by atoms with Gasteiger partial charge in [0, 0.05) is 24.2 Å². The molecule has 190 valence electrons. The lowest BCUT2D eigenvalue weighted by Crippen LogP contribution is -2.28. The van der Waals surface area contributed by atoms with Crippen LogP contribution in [0.15, 0.2) is 59.5 Å². The molecule has 0 aliphatic carbocycles. The summed E-state index contributed by atoms with van der Waals surface area (Å²) in [4.78, 5) is 0.0276. The van der Waals surface area contributed by atoms with E-state index in [2.05, 4.69) is 20.0 Å². The van der Waals surface area contributed by atoms with E-state index in [1.165, 1.54) is 6.07 Å². The van der Waals surface area contributed by atoms with Gasteiger partial charge in [-0.05, 0) is 44.2 Å². The predicted molar refractivity (Wildman–Crippen MR) is 132 cm³/mol. The SMILES string of the molecule is CCOc1ccc(S(=O)(=O)NCCOc2ccc3nnc(-c4cccc(OC)c4)n3n2)c(OCC)c1. The van der Waals surface area contributed by atoms with Crippen LogP contribution in [0.25, 0.3) is 17.0 Å². The number of methoxy groups -OCH3 is 1. The van der Waals surface area contributed by atoms with E-state index in [-0.39, 0.29) is 23.8 Å². The Morgan fingerprint density at radius 3 is 2.53 bits per heavy atom. The number of benzene rings is 2. The van der Waals surface area contributed by atoms with Crippen molar-refractivity contribution in [3.8, 4) is 34.5 Å². The molecule has 0 aliphatic heterocycles. The Hall–Kier alpha value is -3.90. The van der Waals surface area contributed by atoms with E-state index in [1.807, 2.05) is 31.2 Å². The van der Waals surface area contributed by atoms with Crippen molar-refractivity contribution in [1.29, 1.82) is 0 Å². The number of ether oxygens (including phenoxy) is 4. The maximum absolute atomic E-state index is 12.9. The molecular weight excluding hydrogens is 486 g/mol. The molecule has 0 saturated heterocycles. The monoisotopic (exact) mass is 513 g/mol. The first-order valence-corrected chi connectivity index (χ1v) is 12.8. The largest absolute Gasteiger partial charge is 0.497 e. The molecular formula is C24H27N5O6S. The summed E-state index contributed by atoms with van der Waals surface area (Å²) in [6.07, 6.45) is 0. The number of fused-ring (bicyclic) bond motifs is 1. The molecule has 0 radical (unpaired) electrons. The van der Waals surface area contributed by atoms with Crippen LogP contribution in [0.4, 0.5) is 0 Å². The van der Waals surface area contributed by atoms with Gasteiger partial charge in [0.2, 0.25) is 15.9 Å². The number of rotatable bonds is 12. The molecule has 2 aromatic heterocycles. The second-order valence-corrected chi connectivity index (χ2v) is 9.15. The molecule has 0 saturated carbocycles. The first-order valence-electron chi connectivity index (χ1n) is 11.3. The van der Waals surface area contributed by atoms with Crippen LogP contribution in [0.2, 0.25) is 0 Å². The minimum absolute atomic E-state index is 0.0196. The molecule has 0 unspecified atom stereocenters. The summed E-state index contributed by atoms with van der Waals surface area (Å²) in [7, 11) is -2.25. The summed E-state index contributed by atoms with van der Waals surface area (Å²) < 4.78 is 51.8. The third kappa shape index (κ3) is 5.66. The smallest absolute Gasteiger partial charge is 0.244 e. The zero-order valence-electron chi connectivity index (χ0n) is 20.2. The standard InChI is InChI=1S/C24H27N5O6S/c1-4-33-19-9-10-21(20(16-19)34-5-2)36(30,31)25-13-14-35-23-12-11-22-26-27-24(29(22)28-23)17-7-6-8-18(15-17)32-3/h6-12,15-16,25H,4-5,13-14H2,1-3H3. The average Bonchev–Trinajstić information content (AvgIpc) is 3.30. The Morgan fingerprint density at radius 2 is 1.75 bits per heavy atom. The molecule has 0 amide bonds. The second-order valence-electron chi connectivity index (χ2n) is 7.42. The van der Waals surface area contributed by atoms with E-state index >= 15 is 0 Å². The van der Waals surface area contributed by atoms with Gasteiger partial charge in [-0.25, -0.2) is 13.1 Å². The highest BCUT2D eigenvalue weighted by Gasteiger charge is 2.20. The molecule has 0 bridgehead atoms. The first-order chi connectivity index (χ1) is 17.4. The van der Waals surface area contributed by atoms with Crippen molar-refractivity contribution in [3.05, 3.63) is 54.6 Å². The van der Waals surface area contributed by atoms with Gasteiger partial charge in [0.15, 0.2) is 11.5 Å². The van der Waals surface area contributed by atoms with E-state index in [4.69, 9.17) is 18.9 Å². The Morgan fingerprint density at radius 1 is 0.917 bits per heavy atom. The Kier molecular flexibility index (Phi) is 7.86. The third-order valence-electron chi connectivity index (χ3n) is 5.03. The van der Waals surface area contributed by atoms with Gasteiger partial charge in [-0.1, -0.05) is 12.1 Å². The maximum Gasteiger partial charge on any atom is 0.244 e. The van der Waals surface area contributed by atoms with Crippen LogP contribution in [-0.4, -0.2) is 61.7 Å². The predicted octanol–water partition coefficient (Wildman–Crippen LogP) is 2.95. The zero-order valence-corrected chi connectivity index (χ0v) is 21.0. The van der Waals surface area contributed by atoms with Crippen molar-refractivity contribution in [2.75, 3.05) is 33.5 Å². The van der Waals surface area contributed by atoms with Gasteiger partial charge in [0.25, 0.3) is 0 Å². The Balaban J connectivity index is 1.43. The molecule has 0 atom stereocenters. The molecule has 12 heteroatoms. The Labute approximate surface area is 209 Å². The molecule has 11 nitrogen and oxygen atoms in total. The molecule has 2 heterocycles. The lowest BCUT2D eigenvalue weighted by atomic mass is 10.2. The minimum Gasteiger partial charge on any atom is -0.497 e. The van der Waals surface area contributed by atoms with Crippen molar-refractivity contribution >= 4 is 15.7 Å². The van der Waals surface area contributed by atoms with Gasteiger partial charge in [-0.2, -0.15) is 4.52 Å². The Bertz CT molecular complexity index is 1440. The number of sulfonamides is 1. The van der Waals surface area contributed by atoms with Crippen molar-refractivity contribution in [2.24, 2.45) is 0 Å². The topological polar surface area (TPSA) is 126 Å². The highest BCUT2D eigenvalue weighted by Crippen LogP contribution is 2.29. The number of aromatic nitrogens is 4. The van der Waals surface area contributed by atoms with Crippen molar-refractivity contribution in [2.45, 2.75) is 18.7 Å². The maximum atomic E-state index is 12.9. The lowest BCUT2D eigenvalue weighted by molar-refractivity contribution is 0.305. The second kappa shape index (κ2) is 11.2. The summed E-state index contributed by atoms with van der Waals surface area (Å²) in [5, 5.41) is 12.8. The van der Waals surface area contributed by atoms with Crippen molar-refractivity contribution in [1.82, 2.24) is 24.5 Å². The molecule has 0 spiro atoms. The normalized spacial score (nSPS) is 11.4. The van der Waals surface area contributed by atoms with E-state index in [9.17, 15) is 8.42 Å². The fourth-order valence-electron chi connectivity index (χ4n) is 3.44. The van der Waals surface area contributed by atoms with Crippen LogP contribution >= 0.6 is 0 Å².